The molecule has 0 aromatic carbocycles. The Hall–Kier alpha value is -1.27. The monoisotopic (exact) mass is 241 g/mol. The van der Waals surface area contributed by atoms with Gasteiger partial charge in [-0.2, -0.15) is 13.2 Å². The zero-order valence-corrected chi connectivity index (χ0v) is 9.18. The summed E-state index contributed by atoms with van der Waals surface area (Å²) >= 11 is 0. The summed E-state index contributed by atoms with van der Waals surface area (Å²) in [6, 6.07) is 0. The molecule has 4 nitrogen and oxygen atoms in total. The van der Waals surface area contributed by atoms with E-state index < -0.39 is 29.5 Å². The van der Waals surface area contributed by atoms with Crippen molar-refractivity contribution in [2.45, 2.75) is 38.9 Å². The number of nitrogens with one attached hydrogen (secondary N) is 1. The highest BCUT2D eigenvalue weighted by molar-refractivity contribution is 5.82. The number of alkyl halides is 3. The summed E-state index contributed by atoms with van der Waals surface area (Å²) in [6.45, 7) is 4.17. The second-order valence-corrected chi connectivity index (χ2v) is 4.17. The van der Waals surface area contributed by atoms with Gasteiger partial charge in [-0.25, -0.2) is 0 Å². The van der Waals surface area contributed by atoms with E-state index in [1.807, 2.05) is 0 Å². The lowest BCUT2D eigenvalue weighted by Crippen LogP contribution is -2.53. The molecule has 1 unspecified atom stereocenters. The Labute approximate surface area is 90.8 Å². The highest BCUT2D eigenvalue weighted by atomic mass is 19.4. The molecule has 0 rings (SSSR count). The molecule has 94 valence electrons. The van der Waals surface area contributed by atoms with Crippen molar-refractivity contribution < 1.29 is 27.9 Å². The number of carbonyl (C=O) groups excluding carboxylic acids is 1. The van der Waals surface area contributed by atoms with E-state index in [0.29, 0.717) is 0 Å². The fraction of sp³-hybridized carbons (Fsp3) is 0.778. The molecule has 0 spiro atoms. The van der Waals surface area contributed by atoms with E-state index in [-0.39, 0.29) is 6.42 Å². The Morgan fingerprint density at radius 2 is 1.75 bits per heavy atom. The fourth-order valence-corrected chi connectivity index (χ4v) is 1.00. The van der Waals surface area contributed by atoms with Crippen molar-refractivity contribution in [1.82, 2.24) is 5.32 Å². The van der Waals surface area contributed by atoms with Gasteiger partial charge in [0.15, 0.2) is 0 Å². The maximum absolute atomic E-state index is 12.0. The summed E-state index contributed by atoms with van der Waals surface area (Å²) in [5.74, 6) is -3.80. The summed E-state index contributed by atoms with van der Waals surface area (Å²) in [5.41, 5.74) is -1.23. The number of hydrogen-bond acceptors (Lipinski definition) is 2. The Kier molecular flexibility index (Phi) is 4.34. The molecule has 16 heavy (non-hydrogen) atoms. The number of carboxylic acids is 1. The van der Waals surface area contributed by atoms with Crippen molar-refractivity contribution in [2.24, 2.45) is 5.92 Å². The maximum atomic E-state index is 12.0. The Morgan fingerprint density at radius 1 is 1.31 bits per heavy atom. The molecular formula is C9H14F3NO3. The van der Waals surface area contributed by atoms with Crippen LogP contribution in [0, 0.1) is 5.92 Å². The first-order valence-corrected chi connectivity index (χ1v) is 4.58. The Morgan fingerprint density at radius 3 is 2.06 bits per heavy atom. The number of carbonyl (C=O) groups is 2. The molecule has 0 heterocycles. The fourth-order valence-electron chi connectivity index (χ4n) is 1.00. The third-order valence-corrected chi connectivity index (χ3v) is 2.41. The van der Waals surface area contributed by atoms with Gasteiger partial charge >= 0.3 is 18.1 Å². The van der Waals surface area contributed by atoms with Crippen LogP contribution in [0.1, 0.15) is 27.2 Å². The molecule has 0 aromatic heterocycles. The zero-order valence-electron chi connectivity index (χ0n) is 9.18. The molecule has 0 aliphatic rings. The SMILES string of the molecule is CC(CC(=O)O)C(C)(C)NC(=O)C(F)(F)F. The Balaban J connectivity index is 4.56. The first-order valence-electron chi connectivity index (χ1n) is 4.58. The van der Waals surface area contributed by atoms with Gasteiger partial charge in [-0.3, -0.25) is 9.59 Å². The van der Waals surface area contributed by atoms with Crippen LogP contribution in [0.3, 0.4) is 0 Å². The van der Waals surface area contributed by atoms with Crippen molar-refractivity contribution in [3.8, 4) is 0 Å². The van der Waals surface area contributed by atoms with Crippen LogP contribution in [0.4, 0.5) is 13.2 Å². The molecular weight excluding hydrogens is 227 g/mol. The van der Waals surface area contributed by atoms with Gasteiger partial charge < -0.3 is 10.4 Å². The van der Waals surface area contributed by atoms with Gasteiger partial charge in [0.1, 0.15) is 0 Å². The van der Waals surface area contributed by atoms with Crippen LogP contribution in [0.5, 0.6) is 0 Å². The van der Waals surface area contributed by atoms with Crippen molar-refractivity contribution >= 4 is 11.9 Å². The number of carboxylic acid groups (broad SMARTS) is 1. The minimum absolute atomic E-state index is 0.314. The number of halogens is 3. The van der Waals surface area contributed by atoms with Crippen LogP contribution in [-0.4, -0.2) is 28.7 Å². The smallest absolute Gasteiger partial charge is 0.471 e. The second kappa shape index (κ2) is 4.71. The van der Waals surface area contributed by atoms with E-state index in [9.17, 15) is 22.8 Å². The van der Waals surface area contributed by atoms with E-state index in [1.54, 1.807) is 5.32 Å². The molecule has 0 saturated heterocycles. The summed E-state index contributed by atoms with van der Waals surface area (Å²) in [5, 5.41) is 10.3. The minimum Gasteiger partial charge on any atom is -0.481 e. The number of amides is 1. The lowest BCUT2D eigenvalue weighted by atomic mass is 9.86. The maximum Gasteiger partial charge on any atom is 0.471 e. The van der Waals surface area contributed by atoms with Crippen molar-refractivity contribution in [1.29, 1.82) is 0 Å². The average molecular weight is 241 g/mol. The minimum atomic E-state index is -4.96. The number of hydrogen-bond donors (Lipinski definition) is 2. The molecule has 0 fully saturated rings. The highest BCUT2D eigenvalue weighted by Crippen LogP contribution is 2.23. The third-order valence-electron chi connectivity index (χ3n) is 2.41. The molecule has 0 radical (unpaired) electrons. The molecule has 0 saturated carbocycles. The molecule has 7 heteroatoms. The van der Waals surface area contributed by atoms with Crippen LogP contribution in [-0.2, 0) is 9.59 Å². The lowest BCUT2D eigenvalue weighted by Gasteiger charge is -2.32. The summed E-state index contributed by atoms with van der Waals surface area (Å²) < 4.78 is 35.9. The molecule has 0 aliphatic heterocycles. The van der Waals surface area contributed by atoms with E-state index in [1.165, 1.54) is 20.8 Å². The van der Waals surface area contributed by atoms with E-state index >= 15 is 0 Å². The molecule has 1 atom stereocenters. The van der Waals surface area contributed by atoms with Crippen LogP contribution in [0.15, 0.2) is 0 Å². The summed E-state index contributed by atoms with van der Waals surface area (Å²) in [4.78, 5) is 21.1. The van der Waals surface area contributed by atoms with Gasteiger partial charge in [-0.05, 0) is 19.8 Å². The predicted molar refractivity (Wildman–Crippen MR) is 49.7 cm³/mol. The van der Waals surface area contributed by atoms with Crippen LogP contribution in [0.2, 0.25) is 0 Å². The average Bonchev–Trinajstić information content (AvgIpc) is 1.99. The van der Waals surface area contributed by atoms with Crippen LogP contribution in [0.25, 0.3) is 0 Å². The third kappa shape index (κ3) is 4.50. The topological polar surface area (TPSA) is 66.4 Å². The molecule has 0 aromatic rings. The van der Waals surface area contributed by atoms with Gasteiger partial charge in [0.05, 0.1) is 6.42 Å². The molecule has 0 bridgehead atoms. The Bertz CT molecular complexity index is 286. The second-order valence-electron chi connectivity index (χ2n) is 4.17. The van der Waals surface area contributed by atoms with Crippen molar-refractivity contribution in [3.63, 3.8) is 0 Å². The van der Waals surface area contributed by atoms with Gasteiger partial charge in [-0.1, -0.05) is 6.92 Å². The zero-order chi connectivity index (χ0) is 13.1. The largest absolute Gasteiger partial charge is 0.481 e. The summed E-state index contributed by atoms with van der Waals surface area (Å²) in [7, 11) is 0. The molecule has 2 N–H and O–H groups in total. The van der Waals surface area contributed by atoms with Gasteiger partial charge in [-0.15, -0.1) is 0 Å². The normalized spacial score (nSPS) is 14.4. The van der Waals surface area contributed by atoms with Gasteiger partial charge in [0, 0.05) is 5.54 Å². The van der Waals surface area contributed by atoms with E-state index in [4.69, 9.17) is 5.11 Å². The van der Waals surface area contributed by atoms with Crippen molar-refractivity contribution in [3.05, 3.63) is 0 Å². The summed E-state index contributed by atoms with van der Waals surface area (Å²) in [6.07, 6.45) is -5.27. The first kappa shape index (κ1) is 14.7. The first-order chi connectivity index (χ1) is 6.97. The lowest BCUT2D eigenvalue weighted by molar-refractivity contribution is -0.176. The van der Waals surface area contributed by atoms with E-state index in [0.717, 1.165) is 0 Å². The van der Waals surface area contributed by atoms with E-state index in [2.05, 4.69) is 0 Å². The molecule has 1 amide bonds. The quantitative estimate of drug-likeness (QED) is 0.784. The number of aliphatic carboxylic acids is 1. The number of rotatable bonds is 4. The van der Waals surface area contributed by atoms with Gasteiger partial charge in [0.2, 0.25) is 0 Å². The van der Waals surface area contributed by atoms with Crippen molar-refractivity contribution in [2.75, 3.05) is 0 Å². The van der Waals surface area contributed by atoms with Crippen LogP contribution < -0.4 is 5.32 Å². The predicted octanol–water partition coefficient (Wildman–Crippen LogP) is 1.55. The standard InChI is InChI=1S/C9H14F3NO3/c1-5(4-6(14)15)8(2,3)13-7(16)9(10,11)12/h5H,4H2,1-3H3,(H,13,16)(H,14,15). The highest BCUT2D eigenvalue weighted by Gasteiger charge is 2.42. The van der Waals surface area contributed by atoms with Gasteiger partial charge in [0.25, 0.3) is 0 Å². The molecule has 0 aliphatic carbocycles. The van der Waals surface area contributed by atoms with Crippen LogP contribution >= 0.6 is 0 Å².